The predicted octanol–water partition coefficient (Wildman–Crippen LogP) is 7.42. The van der Waals surface area contributed by atoms with Crippen LogP contribution in [0.4, 0.5) is 0 Å². The Balaban J connectivity index is 0.000000154. The number of nitrogens with zero attached hydrogens (tertiary/aromatic N) is 2. The average molecular weight is 644 g/mol. The molecular formula is C42H34N3O2P. The van der Waals surface area contributed by atoms with E-state index in [0.717, 1.165) is 46.8 Å². The number of aromatic nitrogens is 2. The maximum Gasteiger partial charge on any atom is 0.261 e. The van der Waals surface area contributed by atoms with Crippen molar-refractivity contribution in [3.63, 3.8) is 0 Å². The van der Waals surface area contributed by atoms with Crippen molar-refractivity contribution in [3.8, 4) is 0 Å². The highest BCUT2D eigenvalue weighted by atomic mass is 31.1. The number of aryl methyl sites for hydroxylation is 2. The molecule has 0 atom stereocenters. The summed E-state index contributed by atoms with van der Waals surface area (Å²) in [5.41, 5.74) is 6.07. The highest BCUT2D eigenvalue weighted by Gasteiger charge is 2.39. The fourth-order valence-electron chi connectivity index (χ4n) is 7.05. The van der Waals surface area contributed by atoms with E-state index in [1.54, 1.807) is 7.05 Å². The summed E-state index contributed by atoms with van der Waals surface area (Å²) >= 11 is 0. The summed E-state index contributed by atoms with van der Waals surface area (Å²) < 4.78 is 2.24. The van der Waals surface area contributed by atoms with Crippen molar-refractivity contribution in [1.29, 1.82) is 0 Å². The number of fused-ring (bicyclic) bond motifs is 1. The number of nitrogens with one attached hydrogen (secondary N) is 1. The first-order valence-corrected chi connectivity index (χ1v) is 17.6. The van der Waals surface area contributed by atoms with Crippen LogP contribution in [0.5, 0.6) is 0 Å². The fraction of sp³-hybridized carbons (Fsp3) is 0.0952. The summed E-state index contributed by atoms with van der Waals surface area (Å²) in [6.07, 6.45) is 6.03. The van der Waals surface area contributed by atoms with Crippen LogP contribution in [0.25, 0.3) is 33.0 Å². The molecule has 5 aromatic carbocycles. The summed E-state index contributed by atoms with van der Waals surface area (Å²) in [7, 11) is 1.12. The Morgan fingerprint density at radius 2 is 1.15 bits per heavy atom. The zero-order valence-electron chi connectivity index (χ0n) is 26.6. The largest absolute Gasteiger partial charge is 0.361 e. The van der Waals surface area contributed by atoms with Crippen molar-refractivity contribution in [2.45, 2.75) is 19.4 Å². The molecule has 0 radical (unpaired) electrons. The normalized spacial score (nSPS) is 14.2. The lowest BCUT2D eigenvalue weighted by Crippen LogP contribution is -2.26. The molecule has 9 rings (SSSR count). The van der Waals surface area contributed by atoms with Crippen molar-refractivity contribution >= 4 is 68.6 Å². The molecule has 48 heavy (non-hydrogen) atoms. The standard InChI is InChI=1S/C24H19N3O2.C18H15P/c1-26-23(28)20(17-12-25-19-10-3-2-8-15(17)19)21(24(26)29)18-13-27-11-5-7-14-6-4-9-16(18)22(14)27;1-4-10-16(11-5-1)19(17-12-6-2-7-13-17)18-14-8-3-9-15-18/h2-4,6,8-10,12-13,25H,5,7,11H2,1H3;1-15H. The van der Waals surface area contributed by atoms with E-state index in [1.165, 1.54) is 31.9 Å². The molecule has 2 aromatic heterocycles. The SMILES string of the molecule is CN1C(=O)C(c2c[nH]c3ccccc23)=C(c2cn3c4c(cccc24)CCC3)C1=O.c1ccc(P(c2ccccc2)c2ccccc2)cc1. The topological polar surface area (TPSA) is 58.1 Å². The Labute approximate surface area is 280 Å². The molecule has 0 fully saturated rings. The Hall–Kier alpha value is -5.51. The number of para-hydroxylation sites is 2. The summed E-state index contributed by atoms with van der Waals surface area (Å²) in [6.45, 7) is 0.932. The van der Waals surface area contributed by atoms with Crippen LogP contribution >= 0.6 is 7.92 Å². The van der Waals surface area contributed by atoms with Crippen molar-refractivity contribution in [3.05, 3.63) is 163 Å². The van der Waals surface area contributed by atoms with Crippen LogP contribution in [0.2, 0.25) is 0 Å². The van der Waals surface area contributed by atoms with Gasteiger partial charge in [0, 0.05) is 53.4 Å². The molecule has 2 aliphatic heterocycles. The molecule has 234 valence electrons. The second-order valence-corrected chi connectivity index (χ2v) is 14.4. The second-order valence-electron chi connectivity index (χ2n) is 12.2. The third-order valence-electron chi connectivity index (χ3n) is 9.29. The van der Waals surface area contributed by atoms with Gasteiger partial charge in [-0.25, -0.2) is 0 Å². The minimum absolute atomic E-state index is 0.237. The lowest BCUT2D eigenvalue weighted by atomic mass is 9.94. The number of benzene rings is 5. The van der Waals surface area contributed by atoms with Gasteiger partial charge in [-0.15, -0.1) is 0 Å². The van der Waals surface area contributed by atoms with Gasteiger partial charge in [0.25, 0.3) is 11.8 Å². The van der Waals surface area contributed by atoms with Crippen LogP contribution in [-0.2, 0) is 22.6 Å². The number of likely N-dealkylation sites (N-methyl/N-ethyl adjacent to an activating group) is 1. The van der Waals surface area contributed by atoms with E-state index < -0.39 is 7.92 Å². The fourth-order valence-corrected chi connectivity index (χ4v) is 9.36. The highest BCUT2D eigenvalue weighted by Crippen LogP contribution is 2.42. The highest BCUT2D eigenvalue weighted by molar-refractivity contribution is 7.79. The number of rotatable bonds is 5. The van der Waals surface area contributed by atoms with E-state index in [0.29, 0.717) is 11.1 Å². The molecule has 0 spiro atoms. The van der Waals surface area contributed by atoms with E-state index >= 15 is 0 Å². The molecule has 0 unspecified atom stereocenters. The quantitative estimate of drug-likeness (QED) is 0.157. The minimum atomic E-state index is -0.446. The first kappa shape index (κ1) is 29.9. The maximum atomic E-state index is 13.2. The molecule has 0 saturated carbocycles. The number of aromatic amines is 1. The molecule has 7 aromatic rings. The molecule has 2 aliphatic rings. The van der Waals surface area contributed by atoms with E-state index in [-0.39, 0.29) is 11.8 Å². The van der Waals surface area contributed by atoms with E-state index in [4.69, 9.17) is 0 Å². The minimum Gasteiger partial charge on any atom is -0.361 e. The Morgan fingerprint density at radius 1 is 0.604 bits per heavy atom. The van der Waals surface area contributed by atoms with Gasteiger partial charge >= 0.3 is 0 Å². The zero-order chi connectivity index (χ0) is 32.6. The van der Waals surface area contributed by atoms with Gasteiger partial charge in [-0.3, -0.25) is 14.5 Å². The van der Waals surface area contributed by atoms with Gasteiger partial charge < -0.3 is 9.55 Å². The number of hydrogen-bond donors (Lipinski definition) is 1. The van der Waals surface area contributed by atoms with Crippen molar-refractivity contribution < 1.29 is 9.59 Å². The molecule has 4 heterocycles. The molecule has 1 N–H and O–H groups in total. The van der Waals surface area contributed by atoms with Gasteiger partial charge in [-0.1, -0.05) is 127 Å². The number of imide groups is 1. The number of carbonyl (C=O) groups excluding carboxylic acids is 2. The molecule has 6 heteroatoms. The number of H-pyrrole nitrogens is 1. The van der Waals surface area contributed by atoms with Gasteiger partial charge in [0.05, 0.1) is 16.7 Å². The molecule has 0 aliphatic carbocycles. The lowest BCUT2D eigenvalue weighted by Gasteiger charge is -2.18. The van der Waals surface area contributed by atoms with Crippen LogP contribution in [0.3, 0.4) is 0 Å². The van der Waals surface area contributed by atoms with Crippen LogP contribution in [0, 0.1) is 0 Å². The molecule has 5 nitrogen and oxygen atoms in total. The second kappa shape index (κ2) is 12.6. The smallest absolute Gasteiger partial charge is 0.261 e. The summed E-state index contributed by atoms with van der Waals surface area (Å²) in [6, 6.07) is 46.5. The lowest BCUT2D eigenvalue weighted by molar-refractivity contribution is -0.134. The van der Waals surface area contributed by atoms with Crippen molar-refractivity contribution in [2.24, 2.45) is 0 Å². The van der Waals surface area contributed by atoms with Crippen LogP contribution in [0.15, 0.2) is 146 Å². The van der Waals surface area contributed by atoms with Crippen LogP contribution in [-0.4, -0.2) is 33.3 Å². The summed E-state index contributed by atoms with van der Waals surface area (Å²) in [5.74, 6) is -0.485. The van der Waals surface area contributed by atoms with Crippen LogP contribution in [0.1, 0.15) is 23.1 Å². The summed E-state index contributed by atoms with van der Waals surface area (Å²) in [4.78, 5) is 30.9. The van der Waals surface area contributed by atoms with Gasteiger partial charge in [0.15, 0.2) is 0 Å². The Morgan fingerprint density at radius 3 is 1.77 bits per heavy atom. The number of amides is 2. The van der Waals surface area contributed by atoms with Gasteiger partial charge in [0.1, 0.15) is 0 Å². The first-order chi connectivity index (χ1) is 23.6. The molecule has 2 amide bonds. The number of hydrogen-bond acceptors (Lipinski definition) is 2. The maximum absolute atomic E-state index is 13.2. The third kappa shape index (κ3) is 5.17. The predicted molar refractivity (Wildman–Crippen MR) is 198 cm³/mol. The Bertz CT molecular complexity index is 2230. The van der Waals surface area contributed by atoms with Gasteiger partial charge in [-0.05, 0) is 48.3 Å². The van der Waals surface area contributed by atoms with E-state index in [9.17, 15) is 9.59 Å². The third-order valence-corrected chi connectivity index (χ3v) is 11.7. The van der Waals surface area contributed by atoms with Crippen molar-refractivity contribution in [1.82, 2.24) is 14.5 Å². The van der Waals surface area contributed by atoms with Crippen molar-refractivity contribution in [2.75, 3.05) is 7.05 Å². The van der Waals surface area contributed by atoms with Gasteiger partial charge in [0.2, 0.25) is 0 Å². The molecular weight excluding hydrogens is 609 g/mol. The van der Waals surface area contributed by atoms with E-state index in [2.05, 4.69) is 119 Å². The monoisotopic (exact) mass is 643 g/mol. The zero-order valence-corrected chi connectivity index (χ0v) is 27.5. The molecule has 0 bridgehead atoms. The number of carbonyl (C=O) groups is 2. The average Bonchev–Trinajstić information content (AvgIpc) is 3.80. The van der Waals surface area contributed by atoms with Gasteiger partial charge in [-0.2, -0.15) is 0 Å². The first-order valence-electron chi connectivity index (χ1n) is 16.3. The summed E-state index contributed by atoms with van der Waals surface area (Å²) in [5, 5.41) is 6.19. The molecule has 0 saturated heterocycles. The van der Waals surface area contributed by atoms with E-state index in [1.807, 2.05) is 36.5 Å². The Kier molecular flexibility index (Phi) is 7.84. The van der Waals surface area contributed by atoms with Crippen LogP contribution < -0.4 is 15.9 Å².